The van der Waals surface area contributed by atoms with E-state index in [0.717, 1.165) is 37.3 Å². The minimum Gasteiger partial charge on any atom is -0.348 e. The highest BCUT2D eigenvalue weighted by Crippen LogP contribution is 2.15. The van der Waals surface area contributed by atoms with E-state index in [9.17, 15) is 9.18 Å². The molecule has 0 aromatic heterocycles. The summed E-state index contributed by atoms with van der Waals surface area (Å²) in [4.78, 5) is 17.1. The molecule has 5 heteroatoms. The molecule has 0 radical (unpaired) electrons. The number of carbonyl (C=O) groups excluding carboxylic acids is 1. The summed E-state index contributed by atoms with van der Waals surface area (Å²) in [5.41, 5.74) is 1.83. The summed E-state index contributed by atoms with van der Waals surface area (Å²) in [6, 6.07) is 16.7. The van der Waals surface area contributed by atoms with Crippen molar-refractivity contribution in [3.05, 3.63) is 71.5 Å². The van der Waals surface area contributed by atoms with Crippen molar-refractivity contribution in [1.29, 1.82) is 0 Å². The molecule has 144 valence electrons. The van der Waals surface area contributed by atoms with Gasteiger partial charge in [0.25, 0.3) is 0 Å². The molecular formula is C22H28FN3O. The molecule has 1 heterocycles. The van der Waals surface area contributed by atoms with Crippen LogP contribution in [0.5, 0.6) is 0 Å². The van der Waals surface area contributed by atoms with Gasteiger partial charge in [0.2, 0.25) is 5.91 Å². The Bertz CT molecular complexity index is 744. The second-order valence-corrected chi connectivity index (χ2v) is 7.22. The monoisotopic (exact) mass is 369 g/mol. The molecule has 3 rings (SSSR count). The van der Waals surface area contributed by atoms with Crippen molar-refractivity contribution < 1.29 is 9.18 Å². The zero-order valence-electron chi connectivity index (χ0n) is 16.1. The zero-order chi connectivity index (χ0) is 19.2. The molecule has 0 spiro atoms. The van der Waals surface area contributed by atoms with Crippen LogP contribution in [0.3, 0.4) is 0 Å². The summed E-state index contributed by atoms with van der Waals surface area (Å²) >= 11 is 0. The van der Waals surface area contributed by atoms with Gasteiger partial charge in [0, 0.05) is 38.3 Å². The first-order valence-corrected chi connectivity index (χ1v) is 9.59. The highest BCUT2D eigenvalue weighted by atomic mass is 19.1. The van der Waals surface area contributed by atoms with Gasteiger partial charge in [-0.15, -0.1) is 0 Å². The van der Waals surface area contributed by atoms with E-state index >= 15 is 0 Å². The van der Waals surface area contributed by atoms with Crippen LogP contribution in [0.4, 0.5) is 4.39 Å². The van der Waals surface area contributed by atoms with Crippen LogP contribution < -0.4 is 5.32 Å². The van der Waals surface area contributed by atoms with E-state index in [-0.39, 0.29) is 23.8 Å². The van der Waals surface area contributed by atoms with Crippen molar-refractivity contribution >= 4 is 5.91 Å². The molecule has 2 atom stereocenters. The number of amides is 1. The molecule has 4 nitrogen and oxygen atoms in total. The van der Waals surface area contributed by atoms with Gasteiger partial charge in [-0.2, -0.15) is 0 Å². The van der Waals surface area contributed by atoms with E-state index in [4.69, 9.17) is 0 Å². The maximum absolute atomic E-state index is 13.8. The molecule has 2 aromatic carbocycles. The Kier molecular flexibility index (Phi) is 6.58. The molecular weight excluding hydrogens is 341 g/mol. The zero-order valence-corrected chi connectivity index (χ0v) is 16.1. The fourth-order valence-corrected chi connectivity index (χ4v) is 3.50. The lowest BCUT2D eigenvalue weighted by Crippen LogP contribution is -2.53. The topological polar surface area (TPSA) is 35.6 Å². The van der Waals surface area contributed by atoms with Crippen LogP contribution in [0.25, 0.3) is 0 Å². The number of piperazine rings is 1. The van der Waals surface area contributed by atoms with Gasteiger partial charge < -0.3 is 5.32 Å². The number of rotatable bonds is 6. The second-order valence-electron chi connectivity index (χ2n) is 7.22. The minimum atomic E-state index is -0.174. The van der Waals surface area contributed by atoms with E-state index in [1.54, 1.807) is 6.07 Å². The van der Waals surface area contributed by atoms with Crippen molar-refractivity contribution in [3.8, 4) is 0 Å². The van der Waals surface area contributed by atoms with E-state index < -0.39 is 0 Å². The predicted molar refractivity (Wildman–Crippen MR) is 106 cm³/mol. The molecule has 1 N–H and O–H groups in total. The summed E-state index contributed by atoms with van der Waals surface area (Å²) in [6.07, 6.45) is 0. The van der Waals surface area contributed by atoms with Gasteiger partial charge in [-0.05, 0) is 25.5 Å². The average molecular weight is 369 g/mol. The minimum absolute atomic E-state index is 0.0107. The van der Waals surface area contributed by atoms with Crippen molar-refractivity contribution in [2.75, 3.05) is 26.2 Å². The number of nitrogens with one attached hydrogen (secondary N) is 1. The van der Waals surface area contributed by atoms with Crippen molar-refractivity contribution in [2.45, 2.75) is 32.5 Å². The van der Waals surface area contributed by atoms with E-state index in [1.165, 1.54) is 6.07 Å². The molecule has 1 aliphatic heterocycles. The van der Waals surface area contributed by atoms with Gasteiger partial charge >= 0.3 is 0 Å². The van der Waals surface area contributed by atoms with E-state index in [1.807, 2.05) is 56.3 Å². The normalized spacial score (nSPS) is 18.0. The Morgan fingerprint density at radius 2 is 1.63 bits per heavy atom. The lowest BCUT2D eigenvalue weighted by molar-refractivity contribution is -0.127. The van der Waals surface area contributed by atoms with Crippen LogP contribution in [0, 0.1) is 5.82 Å². The van der Waals surface area contributed by atoms with Gasteiger partial charge in [-0.3, -0.25) is 14.6 Å². The van der Waals surface area contributed by atoms with Gasteiger partial charge in [0.05, 0.1) is 12.1 Å². The maximum Gasteiger partial charge on any atom is 0.237 e. The number of hydrogen-bond donors (Lipinski definition) is 1. The SMILES string of the molecule is C[C@H](NC(=O)[C@H](C)N1CCN(Cc2ccccc2F)CC1)c1ccccc1. The molecule has 1 fully saturated rings. The summed E-state index contributed by atoms with van der Waals surface area (Å²) < 4.78 is 13.8. The van der Waals surface area contributed by atoms with Crippen LogP contribution in [-0.2, 0) is 11.3 Å². The molecule has 0 aliphatic carbocycles. The Labute approximate surface area is 161 Å². The quantitative estimate of drug-likeness (QED) is 0.849. The van der Waals surface area contributed by atoms with Gasteiger partial charge in [0.15, 0.2) is 0 Å². The third kappa shape index (κ3) is 5.15. The summed E-state index contributed by atoms with van der Waals surface area (Å²) in [7, 11) is 0. The van der Waals surface area contributed by atoms with Gasteiger partial charge in [-0.25, -0.2) is 4.39 Å². The lowest BCUT2D eigenvalue weighted by atomic mass is 10.1. The van der Waals surface area contributed by atoms with Crippen LogP contribution in [0.15, 0.2) is 54.6 Å². The number of halogens is 1. The van der Waals surface area contributed by atoms with Gasteiger partial charge in [-0.1, -0.05) is 48.5 Å². The first-order chi connectivity index (χ1) is 13.0. The molecule has 1 amide bonds. The number of benzene rings is 2. The summed E-state index contributed by atoms with van der Waals surface area (Å²) in [5, 5.41) is 3.11. The van der Waals surface area contributed by atoms with Crippen LogP contribution >= 0.6 is 0 Å². The van der Waals surface area contributed by atoms with Crippen LogP contribution in [0.2, 0.25) is 0 Å². The smallest absolute Gasteiger partial charge is 0.237 e. The first-order valence-electron chi connectivity index (χ1n) is 9.59. The second kappa shape index (κ2) is 9.11. The van der Waals surface area contributed by atoms with Gasteiger partial charge in [0.1, 0.15) is 5.82 Å². The van der Waals surface area contributed by atoms with E-state index in [0.29, 0.717) is 6.54 Å². The van der Waals surface area contributed by atoms with Crippen molar-refractivity contribution in [1.82, 2.24) is 15.1 Å². The number of hydrogen-bond acceptors (Lipinski definition) is 3. The third-order valence-electron chi connectivity index (χ3n) is 5.34. The number of carbonyl (C=O) groups is 1. The Morgan fingerprint density at radius 3 is 2.30 bits per heavy atom. The highest BCUT2D eigenvalue weighted by molar-refractivity contribution is 5.81. The average Bonchev–Trinajstić information content (AvgIpc) is 2.70. The molecule has 27 heavy (non-hydrogen) atoms. The highest BCUT2D eigenvalue weighted by Gasteiger charge is 2.26. The largest absolute Gasteiger partial charge is 0.348 e. The van der Waals surface area contributed by atoms with Crippen molar-refractivity contribution in [3.63, 3.8) is 0 Å². The third-order valence-corrected chi connectivity index (χ3v) is 5.34. The maximum atomic E-state index is 13.8. The van der Waals surface area contributed by atoms with Crippen LogP contribution in [0.1, 0.15) is 31.0 Å². The molecule has 1 saturated heterocycles. The molecule has 2 aromatic rings. The summed E-state index contributed by atoms with van der Waals surface area (Å²) in [5.74, 6) is -0.100. The molecule has 0 saturated carbocycles. The fraction of sp³-hybridized carbons (Fsp3) is 0.409. The fourth-order valence-electron chi connectivity index (χ4n) is 3.50. The van der Waals surface area contributed by atoms with E-state index in [2.05, 4.69) is 15.1 Å². The Morgan fingerprint density at radius 1 is 1.00 bits per heavy atom. The standard InChI is InChI=1S/C22H28FN3O/c1-17(19-8-4-3-5-9-19)24-22(27)18(2)26-14-12-25(13-15-26)16-20-10-6-7-11-21(20)23/h3-11,17-18H,12-16H2,1-2H3,(H,24,27)/t17-,18-/m0/s1. The lowest BCUT2D eigenvalue weighted by Gasteiger charge is -2.37. The Balaban J connectivity index is 1.48. The predicted octanol–water partition coefficient (Wildman–Crippen LogP) is 3.21. The molecule has 1 aliphatic rings. The molecule has 0 unspecified atom stereocenters. The van der Waals surface area contributed by atoms with Crippen molar-refractivity contribution in [2.24, 2.45) is 0 Å². The van der Waals surface area contributed by atoms with Crippen LogP contribution in [-0.4, -0.2) is 47.9 Å². The number of nitrogens with zero attached hydrogens (tertiary/aromatic N) is 2. The summed E-state index contributed by atoms with van der Waals surface area (Å²) in [6.45, 7) is 7.86. The first kappa shape index (κ1) is 19.5. The molecule has 0 bridgehead atoms. The Hall–Kier alpha value is -2.24.